The Bertz CT molecular complexity index is 1170. The number of methoxy groups -OCH3 is 1. The first kappa shape index (κ1) is 19.6. The van der Waals surface area contributed by atoms with E-state index >= 15 is 0 Å². The molecule has 1 unspecified atom stereocenters. The van der Waals surface area contributed by atoms with E-state index in [2.05, 4.69) is 11.8 Å². The summed E-state index contributed by atoms with van der Waals surface area (Å²) in [6.45, 7) is 4.88. The van der Waals surface area contributed by atoms with Crippen LogP contribution in [-0.2, 0) is 4.79 Å². The fourth-order valence-corrected chi connectivity index (χ4v) is 4.70. The van der Waals surface area contributed by atoms with E-state index in [1.165, 1.54) is 0 Å². The third kappa shape index (κ3) is 3.25. The van der Waals surface area contributed by atoms with Crippen LogP contribution in [-0.4, -0.2) is 55.6 Å². The van der Waals surface area contributed by atoms with E-state index in [0.29, 0.717) is 6.54 Å². The molecule has 156 valence electrons. The smallest absolute Gasteiger partial charge is 0.243 e. The molecule has 0 saturated carbocycles. The molecule has 2 fully saturated rings. The van der Waals surface area contributed by atoms with Crippen LogP contribution in [0, 0.1) is 0 Å². The number of carbonyl (C=O) groups is 1. The Hall–Kier alpha value is -3.32. The maximum absolute atomic E-state index is 12.7. The second-order valence-electron chi connectivity index (χ2n) is 7.97. The molecule has 0 aliphatic carbocycles. The molecule has 0 radical (unpaired) electrons. The van der Waals surface area contributed by atoms with Crippen LogP contribution >= 0.6 is 0 Å². The van der Waals surface area contributed by atoms with Crippen LogP contribution in [0.25, 0.3) is 22.2 Å². The van der Waals surface area contributed by atoms with Crippen LogP contribution in [0.3, 0.4) is 0 Å². The molecular weight excluding hydrogens is 389 g/mol. The molecule has 3 aromatic rings. The zero-order valence-electron chi connectivity index (χ0n) is 17.7. The Kier molecular flexibility index (Phi) is 4.90. The number of ether oxygens (including phenoxy) is 2. The van der Waals surface area contributed by atoms with Crippen LogP contribution < -0.4 is 14.7 Å². The monoisotopic (exact) mass is 413 g/mol. The first-order valence-corrected chi connectivity index (χ1v) is 10.5. The summed E-state index contributed by atoms with van der Waals surface area (Å²) in [7, 11) is 3.44. The molecule has 0 spiro atoms. The van der Waals surface area contributed by atoms with Crippen LogP contribution in [0.15, 0.2) is 66.7 Å². The van der Waals surface area contributed by atoms with Gasteiger partial charge in [0.05, 0.1) is 24.4 Å². The van der Waals surface area contributed by atoms with Gasteiger partial charge in [0.2, 0.25) is 5.91 Å². The van der Waals surface area contributed by atoms with E-state index < -0.39 is 0 Å². The summed E-state index contributed by atoms with van der Waals surface area (Å²) in [5.74, 6) is 1.58. The Morgan fingerprint density at radius 3 is 2.74 bits per heavy atom. The molecule has 2 saturated heterocycles. The predicted molar refractivity (Wildman–Crippen MR) is 123 cm³/mol. The summed E-state index contributed by atoms with van der Waals surface area (Å²) in [6.07, 6.45) is 0.623. The van der Waals surface area contributed by atoms with Gasteiger partial charge in [0.25, 0.3) is 0 Å². The first-order valence-electron chi connectivity index (χ1n) is 10.5. The van der Waals surface area contributed by atoms with Crippen LogP contribution in [0.2, 0.25) is 0 Å². The molecule has 1 amide bonds. The summed E-state index contributed by atoms with van der Waals surface area (Å²) in [5.41, 5.74) is 3.53. The topological polar surface area (TPSA) is 63.7 Å². The highest BCUT2D eigenvalue weighted by Gasteiger charge is 2.50. The number of nitrogens with one attached hydrogen (secondary N) is 1. The van der Waals surface area contributed by atoms with E-state index in [0.717, 1.165) is 45.7 Å². The van der Waals surface area contributed by atoms with Gasteiger partial charge in [-0.2, -0.15) is 0 Å². The van der Waals surface area contributed by atoms with Crippen LogP contribution in [0.1, 0.15) is 6.42 Å². The minimum Gasteiger partial charge on any atom is -0.497 e. The number of amides is 1. The van der Waals surface area contributed by atoms with Crippen molar-refractivity contribution in [2.45, 2.75) is 24.6 Å². The van der Waals surface area contributed by atoms with Crippen molar-refractivity contribution in [2.24, 2.45) is 0 Å². The lowest BCUT2D eigenvalue weighted by Crippen LogP contribution is -2.37. The summed E-state index contributed by atoms with van der Waals surface area (Å²) in [5, 5.41) is 3.99. The molecule has 3 atom stereocenters. The zero-order chi connectivity index (χ0) is 21.5. The van der Waals surface area contributed by atoms with Crippen molar-refractivity contribution >= 4 is 24.8 Å². The average molecular weight is 413 g/mol. The highest BCUT2D eigenvalue weighted by atomic mass is 16.5. The molecule has 7 heteroatoms. The number of hydrogen-bond acceptors (Lipinski definition) is 5. The van der Waals surface area contributed by atoms with Crippen molar-refractivity contribution in [2.75, 3.05) is 13.7 Å². The van der Waals surface area contributed by atoms with E-state index in [-0.39, 0.29) is 24.1 Å². The fourth-order valence-electron chi connectivity index (χ4n) is 4.70. The quantitative estimate of drug-likeness (QED) is 0.514. The van der Waals surface area contributed by atoms with Crippen molar-refractivity contribution < 1.29 is 14.3 Å². The van der Waals surface area contributed by atoms with Gasteiger partial charge in [0.1, 0.15) is 23.6 Å². The van der Waals surface area contributed by atoms with Crippen molar-refractivity contribution in [1.82, 2.24) is 15.1 Å². The summed E-state index contributed by atoms with van der Waals surface area (Å²) >= 11 is 0. The second-order valence-corrected chi connectivity index (χ2v) is 7.97. The maximum Gasteiger partial charge on any atom is 0.243 e. The highest BCUT2D eigenvalue weighted by Crippen LogP contribution is 2.38. The normalized spacial score (nSPS) is 22.7. The lowest BCUT2D eigenvalue weighted by molar-refractivity contribution is -0.129. The van der Waals surface area contributed by atoms with Gasteiger partial charge in [0.15, 0.2) is 7.98 Å². The van der Waals surface area contributed by atoms with Crippen LogP contribution in [0.5, 0.6) is 11.5 Å². The Labute approximate surface area is 182 Å². The van der Waals surface area contributed by atoms with Gasteiger partial charge >= 0.3 is 0 Å². The van der Waals surface area contributed by atoms with Crippen molar-refractivity contribution in [3.8, 4) is 22.8 Å². The van der Waals surface area contributed by atoms with E-state index in [1.54, 1.807) is 15.1 Å². The molecule has 6 nitrogen and oxygen atoms in total. The standard InChI is InChI=1S/C24H24BN3O3/c1-14-22(27-25)24(29)28-11-10-20(23(14)28)31-21-13-18(15-6-4-3-5-7-15)26-19-12-16(30-2)8-9-17(19)21/h3-9,12-13,20,22-23,27H,1,10-11,25H2,2H3/t20-,22+,23?/m1/s1. The predicted octanol–water partition coefficient (Wildman–Crippen LogP) is 2.33. The minimum absolute atomic E-state index is 0.0814. The minimum atomic E-state index is -0.338. The number of rotatable bonds is 5. The number of pyridine rings is 1. The molecule has 1 aromatic heterocycles. The molecule has 31 heavy (non-hydrogen) atoms. The third-order valence-corrected chi connectivity index (χ3v) is 6.24. The van der Waals surface area contributed by atoms with Gasteiger partial charge in [-0.25, -0.2) is 4.98 Å². The summed E-state index contributed by atoms with van der Waals surface area (Å²) < 4.78 is 12.0. The largest absolute Gasteiger partial charge is 0.497 e. The van der Waals surface area contributed by atoms with Crippen molar-refractivity contribution in [1.29, 1.82) is 0 Å². The number of nitrogens with zero attached hydrogens (tertiary/aromatic N) is 2. The number of benzene rings is 2. The molecule has 5 rings (SSSR count). The molecule has 2 aliphatic rings. The highest BCUT2D eigenvalue weighted by molar-refractivity contribution is 6.08. The maximum atomic E-state index is 12.7. The zero-order valence-corrected chi connectivity index (χ0v) is 17.7. The molecule has 2 aliphatic heterocycles. The first-order chi connectivity index (χ1) is 15.1. The lowest BCUT2D eigenvalue weighted by Gasteiger charge is -2.23. The van der Waals surface area contributed by atoms with Crippen LogP contribution in [0.4, 0.5) is 0 Å². The molecule has 2 aromatic carbocycles. The molecular formula is C24H24BN3O3. The fraction of sp³-hybridized carbons (Fsp3) is 0.250. The van der Waals surface area contributed by atoms with Gasteiger partial charge in [-0.3, -0.25) is 4.79 Å². The van der Waals surface area contributed by atoms with Gasteiger partial charge < -0.3 is 19.6 Å². The molecule has 1 N–H and O–H groups in total. The number of fused-ring (bicyclic) bond motifs is 2. The summed E-state index contributed by atoms with van der Waals surface area (Å²) in [6, 6.07) is 17.4. The Balaban J connectivity index is 1.56. The average Bonchev–Trinajstić information content (AvgIpc) is 3.32. The van der Waals surface area contributed by atoms with Gasteiger partial charge in [-0.15, -0.1) is 0 Å². The van der Waals surface area contributed by atoms with Gasteiger partial charge in [-0.1, -0.05) is 36.9 Å². The lowest BCUT2D eigenvalue weighted by atomic mass is 10.00. The second kappa shape index (κ2) is 7.74. The SMILES string of the molecule is BN[C@H]1C(=C)C2[C@H](Oc3cc(-c4ccccc4)nc4cc(OC)ccc34)CCN2C1=O. The number of carbonyl (C=O) groups excluding carboxylic acids is 1. The van der Waals surface area contributed by atoms with E-state index in [9.17, 15) is 4.79 Å². The van der Waals surface area contributed by atoms with E-state index in [1.807, 2.05) is 59.5 Å². The third-order valence-electron chi connectivity index (χ3n) is 6.24. The van der Waals surface area contributed by atoms with Gasteiger partial charge in [-0.05, 0) is 17.7 Å². The van der Waals surface area contributed by atoms with E-state index in [4.69, 9.17) is 14.5 Å². The molecule has 0 bridgehead atoms. The number of aromatic nitrogens is 1. The van der Waals surface area contributed by atoms with Gasteiger partial charge in [0, 0.05) is 36.0 Å². The van der Waals surface area contributed by atoms with Crippen molar-refractivity contribution in [3.63, 3.8) is 0 Å². The Morgan fingerprint density at radius 1 is 1.19 bits per heavy atom. The Morgan fingerprint density at radius 2 is 2.00 bits per heavy atom. The number of hydrogen-bond donors (Lipinski definition) is 1. The molecule has 3 heterocycles. The van der Waals surface area contributed by atoms with Crippen molar-refractivity contribution in [3.05, 3.63) is 66.7 Å². The summed E-state index contributed by atoms with van der Waals surface area (Å²) in [4.78, 5) is 19.4.